The summed E-state index contributed by atoms with van der Waals surface area (Å²) in [6, 6.07) is 13.4. The van der Waals surface area contributed by atoms with Crippen molar-refractivity contribution in [3.8, 4) is 5.69 Å². The summed E-state index contributed by atoms with van der Waals surface area (Å²) in [5, 5.41) is 5.44. The Morgan fingerprint density at radius 3 is 2.39 bits per heavy atom. The van der Waals surface area contributed by atoms with E-state index in [9.17, 15) is 9.18 Å². The Morgan fingerprint density at radius 2 is 1.79 bits per heavy atom. The third-order valence-corrected chi connectivity index (χ3v) is 5.80. The lowest BCUT2D eigenvalue weighted by atomic mass is 10.00. The maximum Gasteiger partial charge on any atom is 0.358 e. The van der Waals surface area contributed by atoms with E-state index in [-0.39, 0.29) is 18.1 Å². The lowest BCUT2D eigenvalue weighted by Gasteiger charge is -2.12. The van der Waals surface area contributed by atoms with E-state index in [2.05, 4.69) is 37.1 Å². The molecule has 4 rings (SSSR count). The highest BCUT2D eigenvalue weighted by Gasteiger charge is 2.24. The van der Waals surface area contributed by atoms with E-state index >= 15 is 0 Å². The highest BCUT2D eigenvalue weighted by atomic mass is 35.5. The van der Waals surface area contributed by atoms with E-state index in [1.807, 2.05) is 6.92 Å². The smallest absolute Gasteiger partial charge is 0.358 e. The van der Waals surface area contributed by atoms with Crippen LogP contribution in [0.3, 0.4) is 0 Å². The van der Waals surface area contributed by atoms with Gasteiger partial charge < -0.3 is 4.74 Å². The summed E-state index contributed by atoms with van der Waals surface area (Å²) >= 11 is 11.4. The number of aliphatic imine (C=N–C) groups is 1. The fourth-order valence-corrected chi connectivity index (χ4v) is 3.41. The van der Waals surface area contributed by atoms with E-state index in [1.165, 1.54) is 25.0 Å². The number of carbonyl (C=O) groups excluding carboxylic acids is 1. The second-order valence-electron chi connectivity index (χ2n) is 8.38. The van der Waals surface area contributed by atoms with Gasteiger partial charge in [0.2, 0.25) is 0 Å². The Hall–Kier alpha value is -3.22. The van der Waals surface area contributed by atoms with Crippen molar-refractivity contribution in [1.82, 2.24) is 9.78 Å². The average Bonchev–Trinajstić information content (AvgIpc) is 3.28. The molecule has 3 aromatic rings. The van der Waals surface area contributed by atoms with Gasteiger partial charge in [-0.1, -0.05) is 94.6 Å². The number of benzene rings is 2. The molecule has 0 aliphatic carbocycles. The van der Waals surface area contributed by atoms with Crippen molar-refractivity contribution >= 4 is 34.9 Å². The van der Waals surface area contributed by atoms with E-state index < -0.39 is 5.97 Å². The fourth-order valence-electron chi connectivity index (χ4n) is 3.24. The van der Waals surface area contributed by atoms with Crippen LogP contribution in [0.2, 0.25) is 5.02 Å². The van der Waals surface area contributed by atoms with Gasteiger partial charge in [0.05, 0.1) is 30.2 Å². The first kappa shape index (κ1) is 31.0. The molecule has 0 fully saturated rings. The van der Waals surface area contributed by atoms with Crippen molar-refractivity contribution < 1.29 is 13.9 Å². The van der Waals surface area contributed by atoms with Crippen molar-refractivity contribution in [3.63, 3.8) is 0 Å². The second kappa shape index (κ2) is 15.9. The van der Waals surface area contributed by atoms with Crippen LogP contribution in [0.15, 0.2) is 77.8 Å². The zero-order valence-electron chi connectivity index (χ0n) is 22.1. The van der Waals surface area contributed by atoms with Crippen LogP contribution in [-0.4, -0.2) is 28.1 Å². The van der Waals surface area contributed by atoms with Gasteiger partial charge in [0, 0.05) is 21.2 Å². The van der Waals surface area contributed by atoms with E-state index in [0.717, 1.165) is 12.8 Å². The highest BCUT2D eigenvalue weighted by Crippen LogP contribution is 2.28. The van der Waals surface area contributed by atoms with Gasteiger partial charge in [0.15, 0.2) is 5.69 Å². The monoisotopic (exact) mass is 557 g/mol. The molecular formula is C30H34Cl2FN3O2. The minimum atomic E-state index is -0.465. The summed E-state index contributed by atoms with van der Waals surface area (Å²) < 4.78 is 21.4. The van der Waals surface area contributed by atoms with Gasteiger partial charge in [-0.15, -0.1) is 0 Å². The Balaban J connectivity index is 0.000000489. The summed E-state index contributed by atoms with van der Waals surface area (Å²) in [4.78, 5) is 16.9. The molecule has 0 spiro atoms. The number of unbranched alkanes of at least 4 members (excludes halogenated alkanes) is 2. The van der Waals surface area contributed by atoms with Crippen LogP contribution in [0.1, 0.15) is 73.8 Å². The van der Waals surface area contributed by atoms with Crippen LogP contribution in [0.25, 0.3) is 5.69 Å². The number of halogens is 3. The Morgan fingerprint density at radius 1 is 1.11 bits per heavy atom. The Labute approximate surface area is 234 Å². The molecule has 0 amide bonds. The average molecular weight is 559 g/mol. The molecule has 5 nitrogen and oxygen atoms in total. The number of ether oxygens (including phenoxy) is 1. The van der Waals surface area contributed by atoms with Crippen LogP contribution in [0, 0.1) is 5.82 Å². The molecule has 0 atom stereocenters. The molecule has 8 heteroatoms. The zero-order chi connectivity index (χ0) is 28.1. The van der Waals surface area contributed by atoms with Crippen LogP contribution in [-0.2, 0) is 11.3 Å². The normalized spacial score (nSPS) is 11.3. The minimum absolute atomic E-state index is 0.224. The molecule has 2 aromatic carbocycles. The lowest BCUT2D eigenvalue weighted by molar-refractivity contribution is 0.0492. The highest BCUT2D eigenvalue weighted by molar-refractivity contribution is 6.31. The summed E-state index contributed by atoms with van der Waals surface area (Å²) in [7, 11) is 0. The molecule has 202 valence electrons. The first-order valence-corrected chi connectivity index (χ1v) is 13.3. The molecule has 0 saturated heterocycles. The number of allylic oxidation sites excluding steroid dienone is 2. The zero-order valence-corrected chi connectivity index (χ0v) is 23.7. The van der Waals surface area contributed by atoms with Crippen LogP contribution in [0.5, 0.6) is 0 Å². The van der Waals surface area contributed by atoms with Gasteiger partial charge in [-0.05, 0) is 42.8 Å². The minimum Gasteiger partial charge on any atom is -0.461 e. The molecule has 0 unspecified atom stereocenters. The molecular weight excluding hydrogens is 524 g/mol. The van der Waals surface area contributed by atoms with E-state index in [1.54, 1.807) is 47.1 Å². The van der Waals surface area contributed by atoms with E-state index in [4.69, 9.17) is 27.9 Å². The predicted molar refractivity (Wildman–Crippen MR) is 155 cm³/mol. The van der Waals surface area contributed by atoms with Gasteiger partial charge >= 0.3 is 5.97 Å². The molecule has 0 radical (unpaired) electrons. The number of esters is 1. The number of nitrogens with zero attached hydrogens (tertiary/aromatic N) is 3. The predicted octanol–water partition coefficient (Wildman–Crippen LogP) is 8.70. The first-order valence-electron chi connectivity index (χ1n) is 12.6. The molecule has 1 aliphatic heterocycles. The molecule has 0 bridgehead atoms. The molecule has 0 saturated carbocycles. The van der Waals surface area contributed by atoms with Crippen molar-refractivity contribution in [2.24, 2.45) is 4.99 Å². The van der Waals surface area contributed by atoms with Crippen molar-refractivity contribution in [1.29, 1.82) is 0 Å². The molecule has 1 aromatic heterocycles. The SMILES string of the molecule is C=CC(=C)Cl.CCCC.CCCCOC(=O)c1cc2n(n1)-c1ccc(Cl)cc1C(c1ccccc1F)=NC2. The number of hydrogen-bond acceptors (Lipinski definition) is 4. The summed E-state index contributed by atoms with van der Waals surface area (Å²) in [6.07, 6.45) is 5.87. The summed E-state index contributed by atoms with van der Waals surface area (Å²) in [5.41, 5.74) is 3.15. The van der Waals surface area contributed by atoms with Crippen LogP contribution in [0.4, 0.5) is 4.39 Å². The number of hydrogen-bond donors (Lipinski definition) is 0. The Bertz CT molecular complexity index is 1280. The maximum absolute atomic E-state index is 14.5. The molecule has 38 heavy (non-hydrogen) atoms. The number of carbonyl (C=O) groups is 1. The van der Waals surface area contributed by atoms with Crippen molar-refractivity contribution in [3.05, 3.63) is 106 Å². The first-order chi connectivity index (χ1) is 18.3. The number of aromatic nitrogens is 2. The quantitative estimate of drug-likeness (QED) is 0.166. The standard InChI is InChI=1S/C22H19ClFN3O2.C4H5Cl.C4H10/c1-2-3-10-29-22(28)19-12-15-13-25-21(16-6-4-5-7-18(16)24)17-11-14(23)8-9-20(17)27(15)26-19;1-3-4(2)5;1-3-4-2/h4-9,11-12H,2-3,10,13H2,1H3;3H,1-2H2;3-4H2,1-2H3. The van der Waals surface area contributed by atoms with Gasteiger partial charge in [-0.3, -0.25) is 4.99 Å². The number of fused-ring (bicyclic) bond motifs is 3. The van der Waals surface area contributed by atoms with E-state index in [0.29, 0.717) is 44.9 Å². The maximum atomic E-state index is 14.5. The van der Waals surface area contributed by atoms with Crippen molar-refractivity contribution in [2.45, 2.75) is 53.0 Å². The van der Waals surface area contributed by atoms with Crippen LogP contribution < -0.4 is 0 Å². The van der Waals surface area contributed by atoms with Gasteiger partial charge in [-0.2, -0.15) is 5.10 Å². The topological polar surface area (TPSA) is 56.5 Å². The largest absolute Gasteiger partial charge is 0.461 e. The fraction of sp³-hybridized carbons (Fsp3) is 0.300. The second-order valence-corrected chi connectivity index (χ2v) is 9.30. The molecule has 0 N–H and O–H groups in total. The van der Waals surface area contributed by atoms with Crippen molar-refractivity contribution in [2.75, 3.05) is 6.61 Å². The third-order valence-electron chi connectivity index (χ3n) is 5.41. The summed E-state index contributed by atoms with van der Waals surface area (Å²) in [5.74, 6) is -0.829. The molecule has 1 aliphatic rings. The van der Waals surface area contributed by atoms with Gasteiger partial charge in [-0.25, -0.2) is 13.9 Å². The van der Waals surface area contributed by atoms with Gasteiger partial charge in [0.25, 0.3) is 0 Å². The Kier molecular flexibility index (Phi) is 13.0. The summed E-state index contributed by atoms with van der Waals surface area (Å²) in [6.45, 7) is 13.6. The third kappa shape index (κ3) is 8.67. The molecule has 2 heterocycles. The van der Waals surface area contributed by atoms with Gasteiger partial charge in [0.1, 0.15) is 5.82 Å². The number of rotatable bonds is 7. The lowest BCUT2D eigenvalue weighted by Crippen LogP contribution is -2.11. The van der Waals surface area contributed by atoms with Crippen LogP contribution >= 0.6 is 23.2 Å².